The van der Waals surface area contributed by atoms with E-state index in [0.29, 0.717) is 0 Å². The van der Waals surface area contributed by atoms with Gasteiger partial charge in [0.05, 0.1) is 52.3 Å². The Morgan fingerprint density at radius 3 is 1.39 bits per heavy atom. The van der Waals surface area contributed by atoms with Crippen molar-refractivity contribution in [3.8, 4) is 0 Å². The number of hydrogen-bond acceptors (Lipinski definition) is 11. The second kappa shape index (κ2) is 15.1. The van der Waals surface area contributed by atoms with Crippen LogP contribution in [0.3, 0.4) is 0 Å². The molecule has 0 aliphatic carbocycles. The molecule has 11 nitrogen and oxygen atoms in total. The van der Waals surface area contributed by atoms with Crippen LogP contribution >= 0.6 is 0 Å². The normalized spacial score (nSPS) is 22.6. The molecule has 0 spiro atoms. The van der Waals surface area contributed by atoms with Gasteiger partial charge in [-0.25, -0.2) is 0 Å². The van der Waals surface area contributed by atoms with E-state index in [1.54, 1.807) is 62.3 Å². The number of rotatable bonds is 13. The van der Waals surface area contributed by atoms with Gasteiger partial charge >= 0.3 is 17.9 Å². The summed E-state index contributed by atoms with van der Waals surface area (Å²) in [5.41, 5.74) is -1.86. The third kappa shape index (κ3) is 15.0. The average Bonchev–Trinajstić information content (AvgIpc) is 2.71. The molecular weight excluding hydrogens is 500 g/mol. The highest BCUT2D eigenvalue weighted by Crippen LogP contribution is 2.25. The summed E-state index contributed by atoms with van der Waals surface area (Å²) < 4.78 is 39.6. The molecule has 0 aromatic rings. The highest BCUT2D eigenvalue weighted by Gasteiger charge is 2.43. The molecule has 38 heavy (non-hydrogen) atoms. The summed E-state index contributed by atoms with van der Waals surface area (Å²) in [5.74, 6) is -1.26. The molecule has 0 unspecified atom stereocenters. The standard InChI is InChI=1S/C27H48O11/c1-25(2,3)36-20(29)10-13-32-19-17-35-18(16-28)23(33-14-11-21(30)37-26(4,5)6)24(19)34-15-12-22(31)38-27(7,8)9/h18-19,23-24,28H,10-17H2,1-9H3/t18-,19+,23-,24-/m1/s1. The maximum Gasteiger partial charge on any atom is 0.308 e. The fraction of sp³-hybridized carbons (Fsp3) is 0.889. The lowest BCUT2D eigenvalue weighted by atomic mass is 9.99. The van der Waals surface area contributed by atoms with Gasteiger partial charge in [0, 0.05) is 0 Å². The summed E-state index contributed by atoms with van der Waals surface area (Å²) >= 11 is 0. The summed E-state index contributed by atoms with van der Waals surface area (Å²) in [6.07, 6.45) is -2.96. The minimum absolute atomic E-state index is 0.00397. The fourth-order valence-corrected chi connectivity index (χ4v) is 3.56. The number of aliphatic hydroxyl groups is 1. The van der Waals surface area contributed by atoms with Gasteiger partial charge in [-0.05, 0) is 62.3 Å². The maximum atomic E-state index is 12.2. The number of hydrogen-bond donors (Lipinski definition) is 1. The molecule has 1 rings (SSSR count). The van der Waals surface area contributed by atoms with Crippen LogP contribution in [0.4, 0.5) is 0 Å². The Bertz CT molecular complexity index is 746. The molecule has 1 fully saturated rings. The molecular formula is C27H48O11. The lowest BCUT2D eigenvalue weighted by molar-refractivity contribution is -0.237. The van der Waals surface area contributed by atoms with Crippen molar-refractivity contribution in [2.24, 2.45) is 0 Å². The van der Waals surface area contributed by atoms with Crippen LogP contribution in [0.2, 0.25) is 0 Å². The van der Waals surface area contributed by atoms with Crippen molar-refractivity contribution in [3.05, 3.63) is 0 Å². The zero-order valence-electron chi connectivity index (χ0n) is 24.5. The predicted octanol–water partition coefficient (Wildman–Crippen LogP) is 2.73. The summed E-state index contributed by atoms with van der Waals surface area (Å²) in [5, 5.41) is 9.90. The predicted molar refractivity (Wildman–Crippen MR) is 137 cm³/mol. The first-order valence-electron chi connectivity index (χ1n) is 13.1. The van der Waals surface area contributed by atoms with E-state index in [1.807, 2.05) is 0 Å². The Balaban J connectivity index is 2.87. The summed E-state index contributed by atoms with van der Waals surface area (Å²) in [7, 11) is 0. The lowest BCUT2D eigenvalue weighted by Crippen LogP contribution is -2.57. The molecule has 1 aliphatic rings. The Morgan fingerprint density at radius 2 is 1.03 bits per heavy atom. The first-order valence-corrected chi connectivity index (χ1v) is 13.1. The average molecular weight is 549 g/mol. The Labute approximate surface area is 226 Å². The van der Waals surface area contributed by atoms with Gasteiger partial charge in [-0.3, -0.25) is 14.4 Å². The Kier molecular flexibility index (Phi) is 13.6. The van der Waals surface area contributed by atoms with Crippen LogP contribution in [0.15, 0.2) is 0 Å². The summed E-state index contributed by atoms with van der Waals surface area (Å²) in [6.45, 7) is 15.8. The van der Waals surface area contributed by atoms with E-state index in [9.17, 15) is 19.5 Å². The van der Waals surface area contributed by atoms with E-state index in [0.717, 1.165) is 0 Å². The van der Waals surface area contributed by atoms with Gasteiger partial charge in [0.2, 0.25) is 0 Å². The van der Waals surface area contributed by atoms with Crippen LogP contribution < -0.4 is 0 Å². The number of aliphatic hydroxyl groups excluding tert-OH is 1. The molecule has 11 heteroatoms. The molecule has 0 aromatic heterocycles. The number of carbonyl (C=O) groups is 3. The number of carbonyl (C=O) groups excluding carboxylic acids is 3. The van der Waals surface area contributed by atoms with Crippen LogP contribution in [0.25, 0.3) is 0 Å². The van der Waals surface area contributed by atoms with Gasteiger partial charge in [-0.15, -0.1) is 0 Å². The van der Waals surface area contributed by atoms with E-state index in [1.165, 1.54) is 0 Å². The fourth-order valence-electron chi connectivity index (χ4n) is 3.56. The van der Waals surface area contributed by atoms with Crippen molar-refractivity contribution in [2.45, 2.75) is 123 Å². The molecule has 0 radical (unpaired) electrons. The van der Waals surface area contributed by atoms with Crippen LogP contribution in [-0.4, -0.2) is 97.3 Å². The minimum Gasteiger partial charge on any atom is -0.460 e. The van der Waals surface area contributed by atoms with E-state index < -0.39 is 59.1 Å². The van der Waals surface area contributed by atoms with Gasteiger partial charge in [0.1, 0.15) is 41.2 Å². The van der Waals surface area contributed by atoms with Gasteiger partial charge in [0.15, 0.2) is 0 Å². The summed E-state index contributed by atoms with van der Waals surface area (Å²) in [6, 6.07) is 0. The topological polar surface area (TPSA) is 136 Å². The molecule has 0 bridgehead atoms. The largest absolute Gasteiger partial charge is 0.460 e. The minimum atomic E-state index is -0.804. The van der Waals surface area contributed by atoms with Crippen molar-refractivity contribution in [2.75, 3.05) is 33.0 Å². The third-order valence-electron chi connectivity index (χ3n) is 4.84. The van der Waals surface area contributed by atoms with Gasteiger partial charge < -0.3 is 38.3 Å². The highest BCUT2D eigenvalue weighted by molar-refractivity contribution is 5.70. The van der Waals surface area contributed by atoms with Gasteiger partial charge in [0.25, 0.3) is 0 Å². The molecule has 1 heterocycles. The molecule has 0 saturated carbocycles. The first kappa shape index (κ1) is 34.2. The van der Waals surface area contributed by atoms with Crippen LogP contribution in [0, 0.1) is 0 Å². The molecule has 1 N–H and O–H groups in total. The van der Waals surface area contributed by atoms with Crippen LogP contribution in [-0.2, 0) is 47.5 Å². The van der Waals surface area contributed by atoms with E-state index in [4.69, 9.17) is 33.2 Å². The number of esters is 3. The number of ether oxygens (including phenoxy) is 7. The molecule has 0 aromatic carbocycles. The van der Waals surface area contributed by atoms with Crippen molar-refractivity contribution in [1.29, 1.82) is 0 Å². The smallest absolute Gasteiger partial charge is 0.308 e. The van der Waals surface area contributed by atoms with Gasteiger partial charge in [-0.2, -0.15) is 0 Å². The molecule has 0 amide bonds. The summed E-state index contributed by atoms with van der Waals surface area (Å²) in [4.78, 5) is 36.4. The van der Waals surface area contributed by atoms with Crippen molar-refractivity contribution in [1.82, 2.24) is 0 Å². The van der Waals surface area contributed by atoms with Crippen LogP contribution in [0.1, 0.15) is 81.6 Å². The van der Waals surface area contributed by atoms with Crippen LogP contribution in [0.5, 0.6) is 0 Å². The van der Waals surface area contributed by atoms with Gasteiger partial charge in [-0.1, -0.05) is 0 Å². The van der Waals surface area contributed by atoms with Crippen molar-refractivity contribution >= 4 is 17.9 Å². The second-order valence-electron chi connectivity index (χ2n) is 12.1. The first-order chi connectivity index (χ1) is 17.4. The van der Waals surface area contributed by atoms with E-state index >= 15 is 0 Å². The van der Waals surface area contributed by atoms with E-state index in [2.05, 4.69) is 0 Å². The zero-order valence-corrected chi connectivity index (χ0v) is 24.5. The lowest BCUT2D eigenvalue weighted by Gasteiger charge is -2.41. The molecule has 4 atom stereocenters. The second-order valence-corrected chi connectivity index (χ2v) is 12.1. The zero-order chi connectivity index (χ0) is 29.1. The monoisotopic (exact) mass is 548 g/mol. The SMILES string of the molecule is CC(C)(C)OC(=O)CCO[C@H]1[C@H](OCCC(=O)OC(C)(C)C)[C@@H](CO)OC[C@@H]1OCCC(=O)OC(C)(C)C. The Morgan fingerprint density at radius 1 is 0.658 bits per heavy atom. The van der Waals surface area contributed by atoms with Crippen molar-refractivity contribution < 1.29 is 52.6 Å². The third-order valence-corrected chi connectivity index (χ3v) is 4.84. The van der Waals surface area contributed by atoms with Crippen molar-refractivity contribution in [3.63, 3.8) is 0 Å². The molecule has 1 saturated heterocycles. The molecule has 1 aliphatic heterocycles. The molecule has 222 valence electrons. The maximum absolute atomic E-state index is 12.2. The van der Waals surface area contributed by atoms with E-state index in [-0.39, 0.29) is 52.3 Å². The Hall–Kier alpha value is -1.79. The quantitative estimate of drug-likeness (QED) is 0.269. The highest BCUT2D eigenvalue weighted by atomic mass is 16.6.